The highest BCUT2D eigenvalue weighted by molar-refractivity contribution is 9.10. The standard InChI is InChI=1S/C30H37BrF2N6O3/c1-18-16-20(8-10-22(18)31)19(2)39-17-24(35-36-39)30(6,7)38-14-12-37(13-15-38)27(40)21-9-11-23(32)26(25(21)33)34-28(41)42-29(3,4)5/h8-11,16-17,19H,12-15H2,1-7H3,(H,34,41)/t19-/m0/s1. The lowest BCUT2D eigenvalue weighted by Gasteiger charge is -2.43. The van der Waals surface area contributed by atoms with E-state index in [0.29, 0.717) is 26.2 Å². The fraction of sp³-hybridized carbons (Fsp3) is 0.467. The van der Waals surface area contributed by atoms with E-state index >= 15 is 4.39 Å². The van der Waals surface area contributed by atoms with Crippen LogP contribution in [-0.4, -0.2) is 68.6 Å². The molecule has 12 heteroatoms. The molecule has 1 N–H and O–H groups in total. The normalized spacial score (nSPS) is 15.4. The second kappa shape index (κ2) is 12.1. The summed E-state index contributed by atoms with van der Waals surface area (Å²) in [6, 6.07) is 8.25. The van der Waals surface area contributed by atoms with Gasteiger partial charge in [-0.1, -0.05) is 33.3 Å². The third-order valence-corrected chi connectivity index (χ3v) is 8.39. The van der Waals surface area contributed by atoms with Gasteiger partial charge in [-0.25, -0.2) is 18.3 Å². The zero-order valence-corrected chi connectivity index (χ0v) is 26.6. The van der Waals surface area contributed by atoms with E-state index in [1.807, 2.05) is 23.9 Å². The third-order valence-electron chi connectivity index (χ3n) is 7.50. The molecular formula is C30H37BrF2N6O3. The molecule has 1 fully saturated rings. The van der Waals surface area contributed by atoms with Gasteiger partial charge in [0.1, 0.15) is 22.8 Å². The van der Waals surface area contributed by atoms with E-state index in [1.165, 1.54) is 4.90 Å². The van der Waals surface area contributed by atoms with Gasteiger partial charge in [0.25, 0.3) is 5.91 Å². The number of nitrogens with zero attached hydrogens (tertiary/aromatic N) is 5. The van der Waals surface area contributed by atoms with Crippen LogP contribution in [0.5, 0.6) is 0 Å². The Hall–Kier alpha value is -3.38. The second-order valence-corrected chi connectivity index (χ2v) is 12.9. The number of amides is 2. The van der Waals surface area contributed by atoms with E-state index in [4.69, 9.17) is 4.74 Å². The first-order valence-electron chi connectivity index (χ1n) is 13.8. The predicted molar refractivity (Wildman–Crippen MR) is 159 cm³/mol. The molecule has 2 heterocycles. The summed E-state index contributed by atoms with van der Waals surface area (Å²) in [4.78, 5) is 29.1. The highest BCUT2D eigenvalue weighted by atomic mass is 79.9. The molecule has 2 amide bonds. The molecule has 42 heavy (non-hydrogen) atoms. The number of halogens is 3. The molecule has 1 saturated heterocycles. The lowest BCUT2D eigenvalue weighted by molar-refractivity contribution is 0.0375. The lowest BCUT2D eigenvalue weighted by atomic mass is 9.97. The van der Waals surface area contributed by atoms with Crippen LogP contribution in [0.2, 0.25) is 0 Å². The van der Waals surface area contributed by atoms with Crippen LogP contribution >= 0.6 is 15.9 Å². The molecule has 3 aromatic rings. The number of ether oxygens (including phenoxy) is 1. The summed E-state index contributed by atoms with van der Waals surface area (Å²) >= 11 is 3.54. The first kappa shape index (κ1) is 31.6. The van der Waals surface area contributed by atoms with Crippen molar-refractivity contribution >= 4 is 33.6 Å². The van der Waals surface area contributed by atoms with Crippen molar-refractivity contribution in [1.29, 1.82) is 0 Å². The van der Waals surface area contributed by atoms with Crippen molar-refractivity contribution in [2.24, 2.45) is 0 Å². The van der Waals surface area contributed by atoms with Crippen molar-refractivity contribution in [3.05, 3.63) is 75.0 Å². The van der Waals surface area contributed by atoms with E-state index in [9.17, 15) is 14.0 Å². The van der Waals surface area contributed by atoms with E-state index in [2.05, 4.69) is 69.4 Å². The van der Waals surface area contributed by atoms with Crippen LogP contribution in [0.15, 0.2) is 41.0 Å². The molecular weight excluding hydrogens is 610 g/mol. The van der Waals surface area contributed by atoms with Gasteiger partial charge in [-0.05, 0) is 77.8 Å². The smallest absolute Gasteiger partial charge is 0.412 e. The first-order chi connectivity index (χ1) is 19.6. The third kappa shape index (κ3) is 6.81. The number of nitrogens with one attached hydrogen (secondary N) is 1. The summed E-state index contributed by atoms with van der Waals surface area (Å²) in [5, 5.41) is 11.0. The molecule has 0 bridgehead atoms. The van der Waals surface area contributed by atoms with Crippen LogP contribution < -0.4 is 5.32 Å². The van der Waals surface area contributed by atoms with E-state index < -0.39 is 40.5 Å². The summed E-state index contributed by atoms with van der Waals surface area (Å²) in [6.07, 6.45) is 0.936. The van der Waals surface area contributed by atoms with Gasteiger partial charge in [0.05, 0.1) is 23.3 Å². The quantitative estimate of drug-likeness (QED) is 0.339. The molecule has 0 aliphatic carbocycles. The summed E-state index contributed by atoms with van der Waals surface area (Å²) in [5.41, 5.74) is 0.682. The fourth-order valence-electron chi connectivity index (χ4n) is 4.87. The van der Waals surface area contributed by atoms with Crippen LogP contribution in [0.3, 0.4) is 0 Å². The molecule has 1 aliphatic heterocycles. The maximum absolute atomic E-state index is 15.3. The number of benzene rings is 2. The van der Waals surface area contributed by atoms with Gasteiger partial charge in [0.15, 0.2) is 5.82 Å². The van der Waals surface area contributed by atoms with Crippen molar-refractivity contribution < 1.29 is 23.1 Å². The van der Waals surface area contributed by atoms with E-state index in [-0.39, 0.29) is 11.6 Å². The molecule has 1 aromatic heterocycles. The monoisotopic (exact) mass is 646 g/mol. The number of aromatic nitrogens is 3. The van der Waals surface area contributed by atoms with Gasteiger partial charge in [-0.2, -0.15) is 0 Å². The molecule has 226 valence electrons. The van der Waals surface area contributed by atoms with Gasteiger partial charge in [-0.15, -0.1) is 5.10 Å². The molecule has 0 saturated carbocycles. The van der Waals surface area contributed by atoms with Crippen LogP contribution in [0.4, 0.5) is 19.3 Å². The van der Waals surface area contributed by atoms with Gasteiger partial charge in [-0.3, -0.25) is 15.0 Å². The van der Waals surface area contributed by atoms with Gasteiger partial charge in [0.2, 0.25) is 0 Å². The topological polar surface area (TPSA) is 92.6 Å². The van der Waals surface area contributed by atoms with Crippen molar-refractivity contribution in [2.75, 3.05) is 31.5 Å². The minimum absolute atomic E-state index is 0.0105. The van der Waals surface area contributed by atoms with Crippen LogP contribution in [-0.2, 0) is 10.3 Å². The molecule has 1 aliphatic rings. The predicted octanol–water partition coefficient (Wildman–Crippen LogP) is 6.28. The Labute approximate surface area is 253 Å². The minimum Gasteiger partial charge on any atom is -0.444 e. The fourth-order valence-corrected chi connectivity index (χ4v) is 5.11. The second-order valence-electron chi connectivity index (χ2n) is 12.0. The average molecular weight is 648 g/mol. The van der Waals surface area contributed by atoms with Crippen molar-refractivity contribution in [3.8, 4) is 0 Å². The Bertz CT molecular complexity index is 1480. The molecule has 0 radical (unpaired) electrons. The molecule has 2 aromatic carbocycles. The minimum atomic E-state index is -1.14. The molecule has 0 spiro atoms. The van der Waals surface area contributed by atoms with Crippen molar-refractivity contribution in [2.45, 2.75) is 65.6 Å². The first-order valence-corrected chi connectivity index (χ1v) is 14.6. The van der Waals surface area contributed by atoms with Gasteiger partial charge >= 0.3 is 6.09 Å². The van der Waals surface area contributed by atoms with Crippen LogP contribution in [0.25, 0.3) is 0 Å². The largest absolute Gasteiger partial charge is 0.444 e. The number of aryl methyl sites for hydroxylation is 1. The average Bonchev–Trinajstić information content (AvgIpc) is 3.42. The maximum Gasteiger partial charge on any atom is 0.412 e. The molecule has 1 atom stereocenters. The summed E-state index contributed by atoms with van der Waals surface area (Å²) < 4.78 is 37.7. The SMILES string of the molecule is Cc1cc([C@H](C)n2cc(C(C)(C)N3CCN(C(=O)c4ccc(F)c(NC(=O)OC(C)(C)C)c4F)CC3)nn2)ccc1Br. The Morgan fingerprint density at radius 1 is 1.05 bits per heavy atom. The number of hydrogen-bond acceptors (Lipinski definition) is 6. The zero-order chi connectivity index (χ0) is 31.0. The lowest BCUT2D eigenvalue weighted by Crippen LogP contribution is -2.54. The molecule has 0 unspecified atom stereocenters. The van der Waals surface area contributed by atoms with Crippen molar-refractivity contribution in [3.63, 3.8) is 0 Å². The van der Waals surface area contributed by atoms with Gasteiger partial charge < -0.3 is 9.64 Å². The maximum atomic E-state index is 15.3. The van der Waals surface area contributed by atoms with E-state index in [1.54, 1.807) is 20.8 Å². The van der Waals surface area contributed by atoms with Gasteiger partial charge in [0, 0.05) is 30.7 Å². The Kier molecular flexibility index (Phi) is 9.08. The Morgan fingerprint density at radius 3 is 2.33 bits per heavy atom. The van der Waals surface area contributed by atoms with Crippen LogP contribution in [0, 0.1) is 18.6 Å². The summed E-state index contributed by atoms with van der Waals surface area (Å²) in [7, 11) is 0. The number of rotatable bonds is 6. The highest BCUT2D eigenvalue weighted by Crippen LogP contribution is 2.30. The Morgan fingerprint density at radius 2 is 1.71 bits per heavy atom. The molecule has 9 nitrogen and oxygen atoms in total. The number of anilines is 1. The Balaban J connectivity index is 1.43. The van der Waals surface area contributed by atoms with Crippen LogP contribution in [0.1, 0.15) is 74.8 Å². The van der Waals surface area contributed by atoms with Crippen molar-refractivity contribution in [1.82, 2.24) is 24.8 Å². The summed E-state index contributed by atoms with van der Waals surface area (Å²) in [6.45, 7) is 14.8. The van der Waals surface area contributed by atoms with E-state index in [0.717, 1.165) is 33.4 Å². The molecule has 4 rings (SSSR count). The number of piperazine rings is 1. The summed E-state index contributed by atoms with van der Waals surface area (Å²) in [5.74, 6) is -2.72. The number of hydrogen-bond donors (Lipinski definition) is 1. The number of carbonyl (C=O) groups is 2. The number of carbonyl (C=O) groups excluding carboxylic acids is 2. The zero-order valence-electron chi connectivity index (χ0n) is 25.0. The highest BCUT2D eigenvalue weighted by Gasteiger charge is 2.36.